The molecule has 0 aliphatic heterocycles. The highest BCUT2D eigenvalue weighted by Crippen LogP contribution is 2.49. The first-order valence-corrected chi connectivity index (χ1v) is 6.10. The molecule has 1 aliphatic rings. The van der Waals surface area contributed by atoms with Gasteiger partial charge in [0.1, 0.15) is 0 Å². The molecule has 15 heavy (non-hydrogen) atoms. The van der Waals surface area contributed by atoms with Gasteiger partial charge in [-0.25, -0.2) is 0 Å². The van der Waals surface area contributed by atoms with Crippen molar-refractivity contribution in [3.05, 3.63) is 0 Å². The number of thiol groups is 1. The van der Waals surface area contributed by atoms with Crippen molar-refractivity contribution in [2.45, 2.75) is 25.7 Å². The highest BCUT2D eigenvalue weighted by Gasteiger charge is 2.43. The summed E-state index contributed by atoms with van der Waals surface area (Å²) in [6.07, 6.45) is 3.90. The summed E-state index contributed by atoms with van der Waals surface area (Å²) in [7, 11) is 3.55. The minimum Gasteiger partial charge on any atom is -0.385 e. The van der Waals surface area contributed by atoms with E-state index in [0.717, 1.165) is 38.2 Å². The molecule has 0 saturated heterocycles. The normalized spacial score (nSPS) is 17.5. The third-order valence-corrected chi connectivity index (χ3v) is 3.76. The van der Waals surface area contributed by atoms with Crippen LogP contribution < -0.4 is 0 Å². The van der Waals surface area contributed by atoms with Crippen LogP contribution in [0.4, 0.5) is 0 Å². The fraction of sp³-hybridized carbons (Fsp3) is 0.909. The van der Waals surface area contributed by atoms with E-state index in [-0.39, 0.29) is 11.3 Å². The molecule has 0 atom stereocenters. The third kappa shape index (κ3) is 4.03. The SMILES string of the molecule is COCCCN(C)C(=O)CC1(CS)CC1. The standard InChI is InChI=1S/C11H21NO2S/c1-12(6-3-7-14-2)10(13)8-11(9-15)4-5-11/h15H,3-9H2,1-2H3. The number of methoxy groups -OCH3 is 1. The summed E-state index contributed by atoms with van der Waals surface area (Å²) >= 11 is 4.30. The predicted octanol–water partition coefficient (Wildman–Crippen LogP) is 1.58. The van der Waals surface area contributed by atoms with E-state index in [1.165, 1.54) is 0 Å². The molecular weight excluding hydrogens is 210 g/mol. The number of hydrogen-bond donors (Lipinski definition) is 1. The molecule has 0 aromatic carbocycles. The third-order valence-electron chi connectivity index (χ3n) is 3.09. The lowest BCUT2D eigenvalue weighted by Gasteiger charge is -2.20. The lowest BCUT2D eigenvalue weighted by Crippen LogP contribution is -2.30. The smallest absolute Gasteiger partial charge is 0.222 e. The second-order valence-electron chi connectivity index (χ2n) is 4.50. The van der Waals surface area contributed by atoms with Crippen LogP contribution in [0.5, 0.6) is 0 Å². The lowest BCUT2D eigenvalue weighted by molar-refractivity contribution is -0.131. The monoisotopic (exact) mass is 231 g/mol. The zero-order valence-electron chi connectivity index (χ0n) is 9.66. The molecule has 1 amide bonds. The molecule has 0 spiro atoms. The van der Waals surface area contributed by atoms with Gasteiger partial charge in [0.25, 0.3) is 0 Å². The lowest BCUT2D eigenvalue weighted by atomic mass is 10.0. The highest BCUT2D eigenvalue weighted by molar-refractivity contribution is 7.80. The zero-order chi connectivity index (χ0) is 11.3. The van der Waals surface area contributed by atoms with Crippen molar-refractivity contribution in [3.63, 3.8) is 0 Å². The van der Waals surface area contributed by atoms with E-state index in [1.54, 1.807) is 7.11 Å². The summed E-state index contributed by atoms with van der Waals surface area (Å²) < 4.78 is 4.96. The Morgan fingerprint density at radius 3 is 2.67 bits per heavy atom. The summed E-state index contributed by atoms with van der Waals surface area (Å²) in [5.74, 6) is 1.09. The maximum Gasteiger partial charge on any atom is 0.222 e. The van der Waals surface area contributed by atoms with Gasteiger partial charge in [0, 0.05) is 33.7 Å². The van der Waals surface area contributed by atoms with Gasteiger partial charge in [-0.3, -0.25) is 4.79 Å². The van der Waals surface area contributed by atoms with Crippen LogP contribution in [-0.4, -0.2) is 43.9 Å². The van der Waals surface area contributed by atoms with Crippen molar-refractivity contribution in [1.82, 2.24) is 4.90 Å². The summed E-state index contributed by atoms with van der Waals surface area (Å²) in [5, 5.41) is 0. The largest absolute Gasteiger partial charge is 0.385 e. The number of ether oxygens (including phenoxy) is 1. The molecule has 0 aromatic heterocycles. The van der Waals surface area contributed by atoms with E-state index in [1.807, 2.05) is 11.9 Å². The summed E-state index contributed by atoms with van der Waals surface area (Å²) in [4.78, 5) is 13.6. The van der Waals surface area contributed by atoms with Gasteiger partial charge in [-0.15, -0.1) is 0 Å². The van der Waals surface area contributed by atoms with Gasteiger partial charge in [0.05, 0.1) is 0 Å². The summed E-state index contributed by atoms with van der Waals surface area (Å²) in [5.41, 5.74) is 0.232. The van der Waals surface area contributed by atoms with E-state index >= 15 is 0 Å². The first kappa shape index (κ1) is 12.8. The van der Waals surface area contributed by atoms with Crippen molar-refractivity contribution in [2.75, 3.05) is 33.1 Å². The van der Waals surface area contributed by atoms with Crippen LogP contribution in [0.25, 0.3) is 0 Å². The van der Waals surface area contributed by atoms with Crippen LogP contribution in [0.15, 0.2) is 0 Å². The molecule has 0 N–H and O–H groups in total. The molecule has 1 fully saturated rings. The van der Waals surface area contributed by atoms with Gasteiger partial charge in [-0.2, -0.15) is 12.6 Å². The first-order valence-electron chi connectivity index (χ1n) is 5.47. The van der Waals surface area contributed by atoms with Crippen molar-refractivity contribution >= 4 is 18.5 Å². The molecule has 1 aliphatic carbocycles. The predicted molar refractivity (Wildman–Crippen MR) is 64.3 cm³/mol. The van der Waals surface area contributed by atoms with Gasteiger partial charge in [-0.05, 0) is 30.4 Å². The van der Waals surface area contributed by atoms with Gasteiger partial charge in [0.2, 0.25) is 5.91 Å². The fourth-order valence-electron chi connectivity index (χ4n) is 1.59. The van der Waals surface area contributed by atoms with Gasteiger partial charge in [0.15, 0.2) is 0 Å². The Bertz CT molecular complexity index is 217. The Morgan fingerprint density at radius 1 is 1.53 bits per heavy atom. The number of rotatable bonds is 7. The Balaban J connectivity index is 2.21. The van der Waals surface area contributed by atoms with Crippen molar-refractivity contribution in [3.8, 4) is 0 Å². The van der Waals surface area contributed by atoms with Crippen LogP contribution in [-0.2, 0) is 9.53 Å². The Kier molecular flexibility index (Phi) is 4.93. The van der Waals surface area contributed by atoms with E-state index in [4.69, 9.17) is 4.74 Å². The van der Waals surface area contributed by atoms with Crippen LogP contribution >= 0.6 is 12.6 Å². The molecule has 1 saturated carbocycles. The van der Waals surface area contributed by atoms with E-state index in [9.17, 15) is 4.79 Å². The molecule has 0 heterocycles. The quantitative estimate of drug-likeness (QED) is 0.532. The average molecular weight is 231 g/mol. The second-order valence-corrected chi connectivity index (χ2v) is 4.81. The van der Waals surface area contributed by atoms with Crippen molar-refractivity contribution < 1.29 is 9.53 Å². The maximum atomic E-state index is 11.8. The Hall–Kier alpha value is -0.220. The highest BCUT2D eigenvalue weighted by atomic mass is 32.1. The second kappa shape index (κ2) is 5.75. The minimum absolute atomic E-state index is 0.232. The average Bonchev–Trinajstić information content (AvgIpc) is 2.98. The molecule has 4 heteroatoms. The van der Waals surface area contributed by atoms with E-state index in [0.29, 0.717) is 6.42 Å². The number of hydrogen-bond acceptors (Lipinski definition) is 3. The van der Waals surface area contributed by atoms with Crippen LogP contribution in [0.1, 0.15) is 25.7 Å². The molecular formula is C11H21NO2S. The zero-order valence-corrected chi connectivity index (χ0v) is 10.6. The topological polar surface area (TPSA) is 29.5 Å². The van der Waals surface area contributed by atoms with E-state index in [2.05, 4.69) is 12.6 Å². The van der Waals surface area contributed by atoms with Gasteiger partial charge in [-0.1, -0.05) is 0 Å². The number of nitrogens with zero attached hydrogens (tertiary/aromatic N) is 1. The van der Waals surface area contributed by atoms with Gasteiger partial charge < -0.3 is 9.64 Å². The van der Waals surface area contributed by atoms with Crippen LogP contribution in [0.2, 0.25) is 0 Å². The summed E-state index contributed by atoms with van der Waals surface area (Å²) in [6.45, 7) is 1.50. The summed E-state index contributed by atoms with van der Waals surface area (Å²) in [6, 6.07) is 0. The molecule has 3 nitrogen and oxygen atoms in total. The molecule has 0 bridgehead atoms. The number of carbonyl (C=O) groups is 1. The first-order chi connectivity index (χ1) is 7.13. The molecule has 0 unspecified atom stereocenters. The molecule has 0 radical (unpaired) electrons. The number of carbonyl (C=O) groups excluding carboxylic acids is 1. The molecule has 1 rings (SSSR count). The molecule has 88 valence electrons. The Labute approximate surface area is 97.6 Å². The van der Waals surface area contributed by atoms with Crippen molar-refractivity contribution in [1.29, 1.82) is 0 Å². The number of amides is 1. The van der Waals surface area contributed by atoms with Crippen molar-refractivity contribution in [2.24, 2.45) is 5.41 Å². The van der Waals surface area contributed by atoms with Crippen LogP contribution in [0.3, 0.4) is 0 Å². The van der Waals surface area contributed by atoms with Crippen LogP contribution in [0, 0.1) is 5.41 Å². The maximum absolute atomic E-state index is 11.8. The van der Waals surface area contributed by atoms with Gasteiger partial charge >= 0.3 is 0 Å². The molecule has 0 aromatic rings. The Morgan fingerprint density at radius 2 is 2.20 bits per heavy atom. The fourth-order valence-corrected chi connectivity index (χ4v) is 2.02. The van der Waals surface area contributed by atoms with E-state index < -0.39 is 0 Å². The minimum atomic E-state index is 0.232.